The van der Waals surface area contributed by atoms with Crippen molar-refractivity contribution in [3.63, 3.8) is 0 Å². The van der Waals surface area contributed by atoms with Gasteiger partial charge < -0.3 is 8.39 Å². The molecule has 0 saturated heterocycles. The molecule has 0 saturated carbocycles. The van der Waals surface area contributed by atoms with E-state index in [0.29, 0.717) is 6.61 Å². The first-order valence-corrected chi connectivity index (χ1v) is 7.00. The monoisotopic (exact) mass is 203 g/mol. The molecule has 0 aliphatic heterocycles. The van der Waals surface area contributed by atoms with Gasteiger partial charge >= 0.3 is 0 Å². The summed E-state index contributed by atoms with van der Waals surface area (Å²) in [6.45, 7) is 1.46. The fraction of sp³-hybridized carbons (Fsp3) is 1.00. The van der Waals surface area contributed by atoms with Crippen LogP contribution in [0.15, 0.2) is 0 Å². The summed E-state index contributed by atoms with van der Waals surface area (Å²) in [6.07, 6.45) is 0.841. The second kappa shape index (κ2) is 5.55. The van der Waals surface area contributed by atoms with Crippen molar-refractivity contribution in [3.05, 3.63) is 0 Å². The minimum atomic E-state index is -1.41. The molecule has 9 heavy (non-hydrogen) atoms. The maximum absolute atomic E-state index is 10.6. The van der Waals surface area contributed by atoms with Crippen LogP contribution in [0.25, 0.3) is 0 Å². The molecule has 0 rings (SSSR count). The van der Waals surface area contributed by atoms with Crippen LogP contribution in [0.5, 0.6) is 0 Å². The molecule has 0 amide bonds. The van der Waals surface area contributed by atoms with Crippen LogP contribution in [0.4, 0.5) is 0 Å². The van der Waals surface area contributed by atoms with E-state index in [1.54, 1.807) is 0 Å². The zero-order chi connectivity index (χ0) is 7.28. The summed E-state index contributed by atoms with van der Waals surface area (Å²) in [5, 5.41) is 0. The highest BCUT2D eigenvalue weighted by atomic mass is 33.3. The molecule has 0 N–H and O–H groups in total. The Morgan fingerprint density at radius 2 is 2.22 bits per heavy atom. The standard InChI is InChI=1S/C3H7O2S4/c1-2-3-5-8(4)9(6)7/h2-3H2,1H3/q-1. The third-order valence-corrected chi connectivity index (χ3v) is 4.03. The van der Waals surface area contributed by atoms with Crippen LogP contribution in [0.2, 0.25) is 0 Å². The third kappa shape index (κ3) is 5.23. The molecule has 0 bridgehead atoms. The van der Waals surface area contributed by atoms with Crippen LogP contribution in [-0.2, 0) is 47.0 Å². The van der Waals surface area contributed by atoms with Crippen molar-refractivity contribution in [1.29, 1.82) is 0 Å². The summed E-state index contributed by atoms with van der Waals surface area (Å²) < 4.78 is 15.3. The Morgan fingerprint density at radius 3 is 2.56 bits per heavy atom. The third-order valence-electron chi connectivity index (χ3n) is 0.495. The molecule has 0 aromatic heterocycles. The highest BCUT2D eigenvalue weighted by molar-refractivity contribution is 8.63. The van der Waals surface area contributed by atoms with Crippen LogP contribution in [0.3, 0.4) is 0 Å². The van der Waals surface area contributed by atoms with E-state index >= 15 is 0 Å². The zero-order valence-corrected chi connectivity index (χ0v) is 8.13. The van der Waals surface area contributed by atoms with E-state index in [1.807, 2.05) is 6.92 Å². The Balaban J connectivity index is 3.96. The average molecular weight is 203 g/mol. The largest absolute Gasteiger partial charge is 0.443 e. The van der Waals surface area contributed by atoms with E-state index in [-0.39, 0.29) is 0 Å². The molecule has 0 spiro atoms. The molecule has 0 heterocycles. The van der Waals surface area contributed by atoms with Crippen molar-refractivity contribution in [2.24, 2.45) is 0 Å². The smallest absolute Gasteiger partial charge is 0.0254 e. The van der Waals surface area contributed by atoms with Gasteiger partial charge in [0.1, 0.15) is 0 Å². The lowest BCUT2D eigenvalue weighted by molar-refractivity contribution is 0.350. The van der Waals surface area contributed by atoms with Crippen LogP contribution >= 0.6 is 0 Å². The Hall–Kier alpha value is 0.770. The van der Waals surface area contributed by atoms with Crippen molar-refractivity contribution < 1.29 is 8.39 Å². The molecular formula is C3H7O2S4-. The lowest BCUT2D eigenvalue weighted by Gasteiger charge is -2.00. The van der Waals surface area contributed by atoms with Gasteiger partial charge in [-0.15, -0.1) is 6.57 Å². The Labute approximate surface area is 66.9 Å². The van der Waals surface area contributed by atoms with Gasteiger partial charge in [-0.3, -0.25) is 0 Å². The van der Waals surface area contributed by atoms with Gasteiger partial charge in [-0.25, -0.2) is 0 Å². The van der Waals surface area contributed by atoms with Crippen LogP contribution in [0, 0.1) is 0 Å². The lowest BCUT2D eigenvalue weighted by Crippen LogP contribution is -1.87. The summed E-state index contributed by atoms with van der Waals surface area (Å²) in [4.78, 5) is 0. The second-order valence-electron chi connectivity index (χ2n) is 1.23. The minimum Gasteiger partial charge on any atom is -0.443 e. The van der Waals surface area contributed by atoms with Crippen LogP contribution < -0.4 is 0 Å². The molecule has 0 aromatic carbocycles. The summed E-state index contributed by atoms with van der Waals surface area (Å²) in [5.74, 6) is 0. The maximum atomic E-state index is 10.6. The van der Waals surface area contributed by atoms with Gasteiger partial charge in [0.05, 0.1) is 0 Å². The van der Waals surface area contributed by atoms with E-state index in [9.17, 15) is 4.21 Å². The summed E-state index contributed by atoms with van der Waals surface area (Å²) in [5.41, 5.74) is 0. The first-order valence-electron chi connectivity index (χ1n) is 2.33. The van der Waals surface area contributed by atoms with Crippen molar-refractivity contribution in [2.45, 2.75) is 13.3 Å². The molecule has 0 aliphatic rings. The van der Waals surface area contributed by atoms with Crippen molar-refractivity contribution >= 4 is 38.6 Å². The molecule has 6 heteroatoms. The lowest BCUT2D eigenvalue weighted by atomic mass is 10.5. The predicted octanol–water partition coefficient (Wildman–Crippen LogP) is 0.749. The minimum absolute atomic E-state index is 0.476. The van der Waals surface area contributed by atoms with Crippen molar-refractivity contribution in [1.82, 2.24) is 0 Å². The number of hydrogen-bond acceptors (Lipinski definition) is 5. The quantitative estimate of drug-likeness (QED) is 0.632. The molecule has 0 atom stereocenters. The predicted molar refractivity (Wildman–Crippen MR) is 46.4 cm³/mol. The molecule has 0 fully saturated rings. The molecule has 0 unspecified atom stereocenters. The van der Waals surface area contributed by atoms with Crippen molar-refractivity contribution in [2.75, 3.05) is 6.61 Å². The molecule has 56 valence electrons. The maximum Gasteiger partial charge on any atom is 0.0254 e. The first-order chi connectivity index (χ1) is 4.18. The Bertz CT molecular complexity index is 225. The van der Waals surface area contributed by atoms with Crippen molar-refractivity contribution in [3.8, 4) is 0 Å². The SMILES string of the molecule is CCCO[S-](=O)=S(=S)=S. The second-order valence-corrected chi connectivity index (χ2v) is 8.00. The van der Waals surface area contributed by atoms with E-state index in [4.69, 9.17) is 4.18 Å². The van der Waals surface area contributed by atoms with E-state index in [2.05, 4.69) is 22.4 Å². The Morgan fingerprint density at radius 1 is 1.67 bits per heavy atom. The van der Waals surface area contributed by atoms with E-state index in [0.717, 1.165) is 6.42 Å². The molecule has 0 radical (unpaired) electrons. The fourth-order valence-corrected chi connectivity index (χ4v) is 1.72. The van der Waals surface area contributed by atoms with Crippen LogP contribution in [0.1, 0.15) is 13.3 Å². The summed E-state index contributed by atoms with van der Waals surface area (Å²) in [7, 11) is -1.41. The van der Waals surface area contributed by atoms with Gasteiger partial charge in [0.25, 0.3) is 0 Å². The number of rotatable bonds is 3. The van der Waals surface area contributed by atoms with Gasteiger partial charge in [-0.2, -0.15) is 0 Å². The van der Waals surface area contributed by atoms with E-state index in [1.165, 1.54) is 0 Å². The highest BCUT2D eigenvalue weighted by Gasteiger charge is 1.69. The summed E-state index contributed by atoms with van der Waals surface area (Å²) in [6, 6.07) is 0. The zero-order valence-electron chi connectivity index (χ0n) is 4.86. The topological polar surface area (TPSA) is 26.3 Å². The number of hydrogen-bond donors (Lipinski definition) is 0. The normalized spacial score (nSPS) is 10.0. The fourth-order valence-electron chi connectivity index (χ4n) is 0.191. The van der Waals surface area contributed by atoms with Gasteiger partial charge in [-0.1, -0.05) is 16.6 Å². The molecule has 0 aromatic rings. The van der Waals surface area contributed by atoms with Crippen LogP contribution in [-0.4, -0.2) is 6.61 Å². The molecule has 2 nitrogen and oxygen atoms in total. The van der Waals surface area contributed by atoms with Gasteiger partial charge in [-0.05, 0) is 28.8 Å². The molecule has 0 aliphatic carbocycles. The van der Waals surface area contributed by atoms with Gasteiger partial charge in [0.2, 0.25) is 0 Å². The van der Waals surface area contributed by atoms with Gasteiger partial charge in [0.15, 0.2) is 0 Å². The average Bonchev–Trinajstić information content (AvgIpc) is 1.82. The first kappa shape index (κ1) is 9.77. The highest BCUT2D eigenvalue weighted by Crippen LogP contribution is 1.79. The van der Waals surface area contributed by atoms with Gasteiger partial charge in [0, 0.05) is 6.61 Å². The molecular weight excluding hydrogens is 196 g/mol. The summed E-state index contributed by atoms with van der Waals surface area (Å²) >= 11 is 9.06. The Kier molecular flexibility index (Phi) is 6.02. The van der Waals surface area contributed by atoms with E-state index < -0.39 is 16.2 Å².